The maximum absolute atomic E-state index is 12.8. The normalized spacial score (nSPS) is 14.7. The van der Waals surface area contributed by atoms with E-state index in [0.29, 0.717) is 47.4 Å². The van der Waals surface area contributed by atoms with E-state index in [0.717, 1.165) is 23.1 Å². The number of rotatable bonds is 7. The first-order chi connectivity index (χ1) is 16.4. The van der Waals surface area contributed by atoms with Crippen molar-refractivity contribution in [2.75, 3.05) is 25.0 Å². The summed E-state index contributed by atoms with van der Waals surface area (Å²) in [7, 11) is 0. The number of hydrogen-bond acceptors (Lipinski definition) is 7. The van der Waals surface area contributed by atoms with Crippen molar-refractivity contribution in [3.8, 4) is 11.4 Å². The number of nitrogens with one attached hydrogen (secondary N) is 1. The van der Waals surface area contributed by atoms with Gasteiger partial charge in [0, 0.05) is 16.0 Å². The van der Waals surface area contributed by atoms with Crippen LogP contribution in [0.4, 0.5) is 5.69 Å². The number of esters is 1. The van der Waals surface area contributed by atoms with E-state index >= 15 is 0 Å². The standard InChI is InChI=1S/C24H24BrClN4O4/c1-2-33-24(32)17-5-8-20(19(26)13-17)27-23(31)16-9-11-30(12-10-16)14-21-28-22(29-34-21)15-3-6-18(25)7-4-15/h3-8,13,16H,2,9-12,14H2,1H3,(H,27,31). The quantitative estimate of drug-likeness (QED) is 0.407. The zero-order valence-corrected chi connectivity index (χ0v) is 20.9. The molecule has 10 heteroatoms. The fraction of sp³-hybridized carbons (Fsp3) is 0.333. The number of benzene rings is 2. The molecular formula is C24H24BrClN4O4. The predicted octanol–water partition coefficient (Wildman–Crippen LogP) is 5.18. The number of amides is 1. The minimum absolute atomic E-state index is 0.0826. The lowest BCUT2D eigenvalue weighted by Crippen LogP contribution is -2.37. The van der Waals surface area contributed by atoms with Crippen LogP contribution in [-0.4, -0.2) is 46.6 Å². The van der Waals surface area contributed by atoms with Gasteiger partial charge in [-0.1, -0.05) is 32.7 Å². The molecule has 34 heavy (non-hydrogen) atoms. The summed E-state index contributed by atoms with van der Waals surface area (Å²) in [6, 6.07) is 12.4. The van der Waals surface area contributed by atoms with Gasteiger partial charge in [-0.3, -0.25) is 9.69 Å². The molecule has 1 fully saturated rings. The third-order valence-electron chi connectivity index (χ3n) is 5.63. The summed E-state index contributed by atoms with van der Waals surface area (Å²) in [6.45, 7) is 4.04. The summed E-state index contributed by atoms with van der Waals surface area (Å²) in [5, 5.41) is 7.26. The third kappa shape index (κ3) is 6.02. The Labute approximate surface area is 210 Å². The van der Waals surface area contributed by atoms with Crippen LogP contribution in [0, 0.1) is 5.92 Å². The molecule has 0 unspecified atom stereocenters. The van der Waals surface area contributed by atoms with Crippen LogP contribution in [0.5, 0.6) is 0 Å². The summed E-state index contributed by atoms with van der Waals surface area (Å²) in [6.07, 6.45) is 1.41. The minimum Gasteiger partial charge on any atom is -0.462 e. The van der Waals surface area contributed by atoms with Gasteiger partial charge in [-0.15, -0.1) is 0 Å². The molecule has 1 aliphatic rings. The summed E-state index contributed by atoms with van der Waals surface area (Å²) < 4.78 is 11.4. The largest absolute Gasteiger partial charge is 0.462 e. The molecule has 3 aromatic rings. The molecule has 8 nitrogen and oxygen atoms in total. The third-order valence-corrected chi connectivity index (χ3v) is 6.47. The van der Waals surface area contributed by atoms with Gasteiger partial charge < -0.3 is 14.6 Å². The molecule has 1 aliphatic heterocycles. The maximum atomic E-state index is 12.8. The van der Waals surface area contributed by atoms with Crippen LogP contribution in [0.15, 0.2) is 51.5 Å². The van der Waals surface area contributed by atoms with E-state index in [1.807, 2.05) is 24.3 Å². The Morgan fingerprint density at radius 2 is 1.94 bits per heavy atom. The SMILES string of the molecule is CCOC(=O)c1ccc(NC(=O)C2CCN(Cc3nc(-c4ccc(Br)cc4)no3)CC2)c(Cl)c1. The van der Waals surface area contributed by atoms with E-state index in [1.165, 1.54) is 6.07 Å². The van der Waals surface area contributed by atoms with Crippen LogP contribution in [0.2, 0.25) is 5.02 Å². The Bertz CT molecular complexity index is 1160. The van der Waals surface area contributed by atoms with Crippen LogP contribution in [0.3, 0.4) is 0 Å². The van der Waals surface area contributed by atoms with Gasteiger partial charge in [0.1, 0.15) is 0 Å². The minimum atomic E-state index is -0.445. The van der Waals surface area contributed by atoms with Gasteiger partial charge in [0.25, 0.3) is 0 Å². The second kappa shape index (κ2) is 11.1. The number of ether oxygens (including phenoxy) is 1. The number of halogens is 2. The number of anilines is 1. The molecule has 178 valence electrons. The molecule has 4 rings (SSSR count). The molecule has 0 aliphatic carbocycles. The zero-order chi connectivity index (χ0) is 24.1. The van der Waals surface area contributed by atoms with Gasteiger partial charge in [-0.05, 0) is 75.3 Å². The molecule has 0 saturated carbocycles. The van der Waals surface area contributed by atoms with Crippen LogP contribution >= 0.6 is 27.5 Å². The highest BCUT2D eigenvalue weighted by Crippen LogP contribution is 2.27. The van der Waals surface area contributed by atoms with Crippen molar-refractivity contribution in [2.45, 2.75) is 26.3 Å². The number of likely N-dealkylation sites (tertiary alicyclic amines) is 1. The van der Waals surface area contributed by atoms with E-state index in [9.17, 15) is 9.59 Å². The van der Waals surface area contributed by atoms with Crippen molar-refractivity contribution >= 4 is 45.1 Å². The monoisotopic (exact) mass is 546 g/mol. The molecule has 0 spiro atoms. The topological polar surface area (TPSA) is 97.6 Å². The molecule has 2 heterocycles. The highest BCUT2D eigenvalue weighted by atomic mass is 79.9. The fourth-order valence-corrected chi connectivity index (χ4v) is 4.26. The van der Waals surface area contributed by atoms with Crippen LogP contribution in [-0.2, 0) is 16.1 Å². The second-order valence-electron chi connectivity index (χ2n) is 7.97. The molecule has 1 saturated heterocycles. The Morgan fingerprint density at radius 1 is 1.21 bits per heavy atom. The Balaban J connectivity index is 1.28. The van der Waals surface area contributed by atoms with Gasteiger partial charge in [0.05, 0.1) is 29.4 Å². The average molecular weight is 548 g/mol. The van der Waals surface area contributed by atoms with Crippen molar-refractivity contribution in [3.05, 3.63) is 63.4 Å². The van der Waals surface area contributed by atoms with Crippen molar-refractivity contribution < 1.29 is 18.8 Å². The second-order valence-corrected chi connectivity index (χ2v) is 9.30. The predicted molar refractivity (Wildman–Crippen MR) is 131 cm³/mol. The Morgan fingerprint density at radius 3 is 2.62 bits per heavy atom. The molecule has 1 N–H and O–H groups in total. The highest BCUT2D eigenvalue weighted by Gasteiger charge is 2.26. The fourth-order valence-electron chi connectivity index (χ4n) is 3.77. The van der Waals surface area contributed by atoms with Gasteiger partial charge in [-0.25, -0.2) is 4.79 Å². The number of hydrogen-bond donors (Lipinski definition) is 1. The maximum Gasteiger partial charge on any atom is 0.338 e. The Kier molecular flexibility index (Phi) is 7.97. The molecule has 0 bridgehead atoms. The molecule has 0 atom stereocenters. The zero-order valence-electron chi connectivity index (χ0n) is 18.6. The number of carbonyl (C=O) groups is 2. The number of aromatic nitrogens is 2. The van der Waals surface area contributed by atoms with E-state index in [-0.39, 0.29) is 18.4 Å². The lowest BCUT2D eigenvalue weighted by molar-refractivity contribution is -0.121. The molecule has 0 radical (unpaired) electrons. The van der Waals surface area contributed by atoms with Gasteiger partial charge in [-0.2, -0.15) is 4.98 Å². The number of nitrogens with zero attached hydrogens (tertiary/aromatic N) is 3. The van der Waals surface area contributed by atoms with Crippen molar-refractivity contribution in [1.82, 2.24) is 15.0 Å². The van der Waals surface area contributed by atoms with Gasteiger partial charge in [0.15, 0.2) is 0 Å². The van der Waals surface area contributed by atoms with Crippen LogP contribution in [0.25, 0.3) is 11.4 Å². The van der Waals surface area contributed by atoms with Crippen molar-refractivity contribution in [3.63, 3.8) is 0 Å². The molecule has 1 amide bonds. The van der Waals surface area contributed by atoms with Crippen molar-refractivity contribution in [1.29, 1.82) is 0 Å². The first-order valence-corrected chi connectivity index (χ1v) is 12.2. The Hall–Kier alpha value is -2.75. The smallest absolute Gasteiger partial charge is 0.338 e. The first-order valence-electron chi connectivity index (χ1n) is 11.0. The van der Waals surface area contributed by atoms with Crippen LogP contribution in [0.1, 0.15) is 36.0 Å². The first kappa shape index (κ1) is 24.4. The molecular weight excluding hydrogens is 524 g/mol. The van der Waals surface area contributed by atoms with E-state index in [2.05, 4.69) is 36.3 Å². The van der Waals surface area contributed by atoms with Crippen LogP contribution < -0.4 is 5.32 Å². The summed E-state index contributed by atoms with van der Waals surface area (Å²) in [4.78, 5) is 31.3. The van der Waals surface area contributed by atoms with E-state index in [4.69, 9.17) is 20.9 Å². The van der Waals surface area contributed by atoms with Gasteiger partial charge in [0.2, 0.25) is 17.6 Å². The average Bonchev–Trinajstić information content (AvgIpc) is 3.30. The number of carbonyl (C=O) groups excluding carboxylic acids is 2. The molecule has 1 aromatic heterocycles. The highest BCUT2D eigenvalue weighted by molar-refractivity contribution is 9.10. The van der Waals surface area contributed by atoms with Crippen molar-refractivity contribution in [2.24, 2.45) is 5.92 Å². The summed E-state index contributed by atoms with van der Waals surface area (Å²) >= 11 is 9.68. The van der Waals surface area contributed by atoms with E-state index in [1.54, 1.807) is 19.1 Å². The number of piperidine rings is 1. The summed E-state index contributed by atoms with van der Waals surface area (Å²) in [5.74, 6) is 0.454. The lowest BCUT2D eigenvalue weighted by atomic mass is 9.96. The van der Waals surface area contributed by atoms with Gasteiger partial charge >= 0.3 is 5.97 Å². The van der Waals surface area contributed by atoms with E-state index < -0.39 is 5.97 Å². The lowest BCUT2D eigenvalue weighted by Gasteiger charge is -2.30. The summed E-state index contributed by atoms with van der Waals surface area (Å²) in [5.41, 5.74) is 1.72. The molecule has 2 aromatic carbocycles.